The molecule has 1 amide bonds. The predicted molar refractivity (Wildman–Crippen MR) is 87.6 cm³/mol. The number of hydrogen-bond donors (Lipinski definition) is 1. The molecule has 0 bridgehead atoms. The highest BCUT2D eigenvalue weighted by Gasteiger charge is 2.27. The second-order valence-corrected chi connectivity index (χ2v) is 6.20. The van der Waals surface area contributed by atoms with Gasteiger partial charge in [-0.05, 0) is 44.5 Å². The molecule has 0 spiro atoms. The molecule has 0 saturated carbocycles. The van der Waals surface area contributed by atoms with Gasteiger partial charge in [0.25, 0.3) is 0 Å². The highest BCUT2D eigenvalue weighted by atomic mass is 16.5. The summed E-state index contributed by atoms with van der Waals surface area (Å²) in [5.41, 5.74) is 0.741. The summed E-state index contributed by atoms with van der Waals surface area (Å²) < 4.78 is 11.1. The topological polar surface area (TPSA) is 50.8 Å². The normalized spacial score (nSPS) is 18.5. The second-order valence-electron chi connectivity index (χ2n) is 6.20. The van der Waals surface area contributed by atoms with Crippen LogP contribution >= 0.6 is 0 Å². The maximum atomic E-state index is 12.3. The van der Waals surface area contributed by atoms with Crippen LogP contribution in [0.1, 0.15) is 26.7 Å². The number of nitrogens with zero attached hydrogens (tertiary/aromatic N) is 1. The molecule has 22 heavy (non-hydrogen) atoms. The average molecular weight is 306 g/mol. The fourth-order valence-electron chi connectivity index (χ4n) is 2.59. The summed E-state index contributed by atoms with van der Waals surface area (Å²) in [6.07, 6.45) is 1.98. The molecular formula is C17H26N2O3. The Morgan fingerprint density at radius 2 is 2.18 bits per heavy atom. The monoisotopic (exact) mass is 306 g/mol. The van der Waals surface area contributed by atoms with E-state index in [1.54, 1.807) is 7.11 Å². The molecule has 122 valence electrons. The largest absolute Gasteiger partial charge is 0.493 e. The summed E-state index contributed by atoms with van der Waals surface area (Å²) in [6.45, 7) is 5.77. The number of ether oxygens (including phenoxy) is 2. The second kappa shape index (κ2) is 7.49. The van der Waals surface area contributed by atoms with Crippen molar-refractivity contribution in [2.45, 2.75) is 32.7 Å². The molecule has 1 fully saturated rings. The van der Waals surface area contributed by atoms with E-state index in [1.807, 2.05) is 25.2 Å². The van der Waals surface area contributed by atoms with Crippen LogP contribution in [0.15, 0.2) is 18.2 Å². The van der Waals surface area contributed by atoms with Crippen molar-refractivity contribution < 1.29 is 14.3 Å². The average Bonchev–Trinajstić information content (AvgIpc) is 2.91. The van der Waals surface area contributed by atoms with Gasteiger partial charge in [-0.1, -0.05) is 13.8 Å². The molecule has 5 heteroatoms. The van der Waals surface area contributed by atoms with Crippen molar-refractivity contribution in [2.75, 3.05) is 32.6 Å². The minimum Gasteiger partial charge on any atom is -0.493 e. The number of likely N-dealkylation sites (N-methyl/N-ethyl adjacent to an activating group) is 1. The first kappa shape index (κ1) is 16.6. The summed E-state index contributed by atoms with van der Waals surface area (Å²) in [6, 6.07) is 5.45. The smallest absolute Gasteiger partial charge is 0.241 e. The molecule has 0 radical (unpaired) electrons. The van der Waals surface area contributed by atoms with Crippen molar-refractivity contribution in [3.63, 3.8) is 0 Å². The van der Waals surface area contributed by atoms with Gasteiger partial charge in [0.1, 0.15) is 0 Å². The fraction of sp³-hybridized carbons (Fsp3) is 0.588. The number of anilines is 1. The molecular weight excluding hydrogens is 280 g/mol. The maximum Gasteiger partial charge on any atom is 0.241 e. The summed E-state index contributed by atoms with van der Waals surface area (Å²) in [7, 11) is 3.60. The zero-order valence-electron chi connectivity index (χ0n) is 13.9. The van der Waals surface area contributed by atoms with Crippen LogP contribution in [0.5, 0.6) is 11.5 Å². The Bertz CT molecular complexity index is 517. The van der Waals surface area contributed by atoms with E-state index in [0.29, 0.717) is 24.0 Å². The third-order valence-electron chi connectivity index (χ3n) is 3.83. The molecule has 1 atom stereocenters. The number of carbonyl (C=O) groups is 1. The molecule has 5 nitrogen and oxygen atoms in total. The SMILES string of the molecule is COc1ccc(NC(=O)C2CCCN2C)cc1OCC(C)C. The molecule has 1 aromatic carbocycles. The number of benzene rings is 1. The number of nitrogens with one attached hydrogen (secondary N) is 1. The first-order valence-corrected chi connectivity index (χ1v) is 7.83. The van der Waals surface area contributed by atoms with Crippen LogP contribution in [-0.4, -0.2) is 44.2 Å². The molecule has 1 aliphatic rings. The molecule has 1 aliphatic heterocycles. The Hall–Kier alpha value is -1.75. The lowest BCUT2D eigenvalue weighted by Crippen LogP contribution is -2.37. The van der Waals surface area contributed by atoms with Gasteiger partial charge >= 0.3 is 0 Å². The van der Waals surface area contributed by atoms with Gasteiger partial charge in [0.2, 0.25) is 5.91 Å². The zero-order chi connectivity index (χ0) is 16.1. The third-order valence-corrected chi connectivity index (χ3v) is 3.83. The third kappa shape index (κ3) is 4.13. The Morgan fingerprint density at radius 3 is 2.77 bits per heavy atom. The Balaban J connectivity index is 2.07. The van der Waals surface area contributed by atoms with E-state index in [4.69, 9.17) is 9.47 Å². The van der Waals surface area contributed by atoms with Crippen LogP contribution in [0.2, 0.25) is 0 Å². The standard InChI is InChI=1S/C17H26N2O3/c1-12(2)11-22-16-10-13(7-8-15(16)21-4)18-17(20)14-6-5-9-19(14)3/h7-8,10,12,14H,5-6,9,11H2,1-4H3,(H,18,20). The van der Waals surface area contributed by atoms with E-state index < -0.39 is 0 Å². The first-order chi connectivity index (χ1) is 10.5. The van der Waals surface area contributed by atoms with E-state index >= 15 is 0 Å². The predicted octanol–water partition coefficient (Wildman–Crippen LogP) is 2.76. The van der Waals surface area contributed by atoms with Gasteiger partial charge in [-0.15, -0.1) is 0 Å². The lowest BCUT2D eigenvalue weighted by molar-refractivity contribution is -0.119. The number of likely N-dealkylation sites (tertiary alicyclic amines) is 1. The van der Waals surface area contributed by atoms with Gasteiger partial charge in [0, 0.05) is 11.8 Å². The van der Waals surface area contributed by atoms with Crippen LogP contribution in [-0.2, 0) is 4.79 Å². The summed E-state index contributed by atoms with van der Waals surface area (Å²) in [4.78, 5) is 14.4. The van der Waals surface area contributed by atoms with Crippen LogP contribution in [0, 0.1) is 5.92 Å². The molecule has 1 unspecified atom stereocenters. The Kier molecular flexibility index (Phi) is 5.66. The lowest BCUT2D eigenvalue weighted by atomic mass is 10.2. The minimum atomic E-state index is -0.0397. The van der Waals surface area contributed by atoms with Crippen molar-refractivity contribution in [3.05, 3.63) is 18.2 Å². The molecule has 0 aliphatic carbocycles. The van der Waals surface area contributed by atoms with Crippen LogP contribution in [0.3, 0.4) is 0 Å². The number of hydrogen-bond acceptors (Lipinski definition) is 4. The highest BCUT2D eigenvalue weighted by molar-refractivity contribution is 5.95. The summed E-state index contributed by atoms with van der Waals surface area (Å²) in [5, 5.41) is 2.98. The molecule has 1 N–H and O–H groups in total. The molecule has 1 saturated heterocycles. The molecule has 2 rings (SSSR count). The number of methoxy groups -OCH3 is 1. The molecule has 0 aromatic heterocycles. The van der Waals surface area contributed by atoms with E-state index in [0.717, 1.165) is 25.1 Å². The Labute approximate surface area is 132 Å². The van der Waals surface area contributed by atoms with E-state index in [9.17, 15) is 4.79 Å². The zero-order valence-corrected chi connectivity index (χ0v) is 13.9. The lowest BCUT2D eigenvalue weighted by Gasteiger charge is -2.19. The fourth-order valence-corrected chi connectivity index (χ4v) is 2.59. The van der Waals surface area contributed by atoms with Gasteiger partial charge in [0.15, 0.2) is 11.5 Å². The van der Waals surface area contributed by atoms with Crippen LogP contribution < -0.4 is 14.8 Å². The van der Waals surface area contributed by atoms with Crippen molar-refractivity contribution >= 4 is 11.6 Å². The van der Waals surface area contributed by atoms with Gasteiger partial charge in [-0.2, -0.15) is 0 Å². The van der Waals surface area contributed by atoms with Crippen LogP contribution in [0.4, 0.5) is 5.69 Å². The number of rotatable bonds is 6. The highest BCUT2D eigenvalue weighted by Crippen LogP contribution is 2.31. The quantitative estimate of drug-likeness (QED) is 0.878. The summed E-state index contributed by atoms with van der Waals surface area (Å²) in [5.74, 6) is 1.81. The first-order valence-electron chi connectivity index (χ1n) is 7.83. The van der Waals surface area contributed by atoms with Crippen molar-refractivity contribution in [1.82, 2.24) is 4.90 Å². The van der Waals surface area contributed by atoms with Gasteiger partial charge in [-0.25, -0.2) is 0 Å². The van der Waals surface area contributed by atoms with Crippen molar-refractivity contribution in [3.8, 4) is 11.5 Å². The van der Waals surface area contributed by atoms with Gasteiger partial charge in [0.05, 0.1) is 19.8 Å². The van der Waals surface area contributed by atoms with E-state index in [1.165, 1.54) is 0 Å². The number of amides is 1. The van der Waals surface area contributed by atoms with Gasteiger partial charge in [-0.3, -0.25) is 9.69 Å². The van der Waals surface area contributed by atoms with Crippen LogP contribution in [0.25, 0.3) is 0 Å². The Morgan fingerprint density at radius 1 is 1.41 bits per heavy atom. The van der Waals surface area contributed by atoms with Crippen molar-refractivity contribution in [2.24, 2.45) is 5.92 Å². The summed E-state index contributed by atoms with van der Waals surface area (Å²) >= 11 is 0. The van der Waals surface area contributed by atoms with Gasteiger partial charge < -0.3 is 14.8 Å². The number of carbonyl (C=O) groups excluding carboxylic acids is 1. The van der Waals surface area contributed by atoms with E-state index in [-0.39, 0.29) is 11.9 Å². The minimum absolute atomic E-state index is 0.0397. The van der Waals surface area contributed by atoms with E-state index in [2.05, 4.69) is 24.1 Å². The molecule has 1 heterocycles. The molecule has 1 aromatic rings. The van der Waals surface area contributed by atoms with Crippen molar-refractivity contribution in [1.29, 1.82) is 0 Å². The maximum absolute atomic E-state index is 12.3.